The maximum absolute atomic E-state index is 10.7. The summed E-state index contributed by atoms with van der Waals surface area (Å²) in [5, 5.41) is 12.0. The van der Waals surface area contributed by atoms with Crippen molar-refractivity contribution in [3.05, 3.63) is 52.6 Å². The molecule has 0 atom stereocenters. The smallest absolute Gasteiger partial charge is 0.337 e. The average Bonchev–Trinajstić information content (AvgIpc) is 2.26. The lowest BCUT2D eigenvalue weighted by Gasteiger charge is -2.00. The Hall–Kier alpha value is -1.85. The van der Waals surface area contributed by atoms with Crippen molar-refractivity contribution in [1.29, 1.82) is 0 Å². The van der Waals surface area contributed by atoms with Crippen LogP contribution in [0.15, 0.2) is 42.0 Å². The van der Waals surface area contributed by atoms with E-state index in [1.54, 1.807) is 35.8 Å². The molecule has 0 amide bonds. The second-order valence-electron chi connectivity index (χ2n) is 3.38. The predicted molar refractivity (Wildman–Crippen MR) is 72.4 cm³/mol. The van der Waals surface area contributed by atoms with Gasteiger partial charge in [0.05, 0.1) is 16.1 Å². The molecule has 3 aromatic rings. The van der Waals surface area contributed by atoms with Crippen LogP contribution in [0.3, 0.4) is 0 Å². The fraction of sp³-hybridized carbons (Fsp3) is 0. The number of hydrogen-bond acceptors (Lipinski definition) is 3. The van der Waals surface area contributed by atoms with Gasteiger partial charge in [-0.2, -0.15) is 0 Å². The van der Waals surface area contributed by atoms with Gasteiger partial charge in [0.1, 0.15) is 0 Å². The molecule has 0 unspecified atom stereocenters. The highest BCUT2D eigenvalue weighted by Crippen LogP contribution is 2.21. The van der Waals surface area contributed by atoms with E-state index in [1.807, 2.05) is 11.6 Å². The average molecular weight is 281 g/mol. The molecule has 0 bridgehead atoms. The quantitative estimate of drug-likeness (QED) is 0.715. The van der Waals surface area contributed by atoms with Gasteiger partial charge < -0.3 is 9.48 Å². The Labute approximate surface area is 112 Å². The minimum absolute atomic E-state index is 0.166. The van der Waals surface area contributed by atoms with Crippen LogP contribution in [0.4, 0.5) is 0 Å². The Balaban J connectivity index is 0.000000256. The molecule has 6 heteroatoms. The van der Waals surface area contributed by atoms with Crippen molar-refractivity contribution >= 4 is 40.0 Å². The van der Waals surface area contributed by atoms with E-state index in [4.69, 9.17) is 16.7 Å². The van der Waals surface area contributed by atoms with E-state index in [2.05, 4.69) is 9.36 Å². The zero-order chi connectivity index (χ0) is 13.0. The topological polar surface area (TPSA) is 66.0 Å². The number of nitrogens with one attached hydrogen (secondary N) is 1. The van der Waals surface area contributed by atoms with Crippen molar-refractivity contribution in [2.75, 3.05) is 0 Å². The summed E-state index contributed by atoms with van der Waals surface area (Å²) in [6.07, 6.45) is 3.20. The number of aromatic carboxylic acids is 1. The summed E-state index contributed by atoms with van der Waals surface area (Å²) in [6, 6.07) is 6.81. The van der Waals surface area contributed by atoms with E-state index in [0.29, 0.717) is 10.5 Å². The first-order chi connectivity index (χ1) is 8.68. The number of H-pyrrole nitrogens is 1. The minimum Gasteiger partial charge on any atom is -0.478 e. The molecular formula is C12H9ClN2O2S. The number of nitrogens with zero attached hydrogens (tertiary/aromatic N) is 1. The maximum Gasteiger partial charge on any atom is 0.337 e. The van der Waals surface area contributed by atoms with Crippen LogP contribution in [0.2, 0.25) is 5.02 Å². The first-order valence-electron chi connectivity index (χ1n) is 5.02. The number of benzene rings is 1. The third kappa shape index (κ3) is 2.88. The largest absolute Gasteiger partial charge is 0.478 e. The van der Waals surface area contributed by atoms with Gasteiger partial charge in [-0.25, -0.2) is 4.79 Å². The number of halogens is 1. The number of rotatable bonds is 1. The Morgan fingerprint density at radius 1 is 1.44 bits per heavy atom. The molecule has 0 saturated heterocycles. The molecule has 2 heterocycles. The molecule has 2 N–H and O–H groups in total. The Morgan fingerprint density at radius 2 is 2.11 bits per heavy atom. The second-order valence-corrected chi connectivity index (χ2v) is 4.53. The zero-order valence-corrected chi connectivity index (χ0v) is 10.7. The summed E-state index contributed by atoms with van der Waals surface area (Å²) in [4.78, 5) is 14.6. The summed E-state index contributed by atoms with van der Waals surface area (Å²) in [6.45, 7) is 0. The molecule has 1 aromatic carbocycles. The zero-order valence-electron chi connectivity index (χ0n) is 9.13. The summed E-state index contributed by atoms with van der Waals surface area (Å²) in [5.41, 5.74) is 0.791. The van der Waals surface area contributed by atoms with Crippen molar-refractivity contribution in [1.82, 2.24) is 9.36 Å². The van der Waals surface area contributed by atoms with E-state index >= 15 is 0 Å². The van der Waals surface area contributed by atoms with Gasteiger partial charge in [-0.3, -0.25) is 4.98 Å². The molecule has 0 spiro atoms. The van der Waals surface area contributed by atoms with Crippen molar-refractivity contribution in [2.24, 2.45) is 0 Å². The molecule has 0 radical (unpaired) electrons. The molecular weight excluding hydrogens is 272 g/mol. The maximum atomic E-state index is 10.7. The number of carbonyl (C=O) groups is 1. The van der Waals surface area contributed by atoms with Gasteiger partial charge in [0.2, 0.25) is 0 Å². The number of aromatic amines is 1. The second kappa shape index (κ2) is 5.66. The Bertz CT molecular complexity index is 641. The normalized spacial score (nSPS) is 9.83. The molecule has 92 valence electrons. The molecule has 4 nitrogen and oxygen atoms in total. The van der Waals surface area contributed by atoms with Gasteiger partial charge in [0.15, 0.2) is 0 Å². The number of aromatic nitrogens is 2. The molecule has 3 rings (SSSR count). The van der Waals surface area contributed by atoms with Crippen molar-refractivity contribution < 1.29 is 9.90 Å². The van der Waals surface area contributed by atoms with E-state index < -0.39 is 5.97 Å². The fourth-order valence-corrected chi connectivity index (χ4v) is 1.68. The highest BCUT2D eigenvalue weighted by atomic mass is 35.5. The van der Waals surface area contributed by atoms with E-state index in [1.165, 1.54) is 6.20 Å². The fourth-order valence-electron chi connectivity index (χ4n) is 1.31. The van der Waals surface area contributed by atoms with Crippen LogP contribution >= 0.6 is 23.1 Å². The van der Waals surface area contributed by atoms with Crippen molar-refractivity contribution in [2.45, 2.75) is 0 Å². The molecule has 0 fully saturated rings. The number of carboxylic acids is 1. The lowest BCUT2D eigenvalue weighted by atomic mass is 10.1. The number of hydrogen-bond donors (Lipinski definition) is 2. The van der Waals surface area contributed by atoms with Crippen LogP contribution in [0.1, 0.15) is 10.4 Å². The number of para-hydroxylation sites is 1. The van der Waals surface area contributed by atoms with Gasteiger partial charge in [-0.1, -0.05) is 35.3 Å². The first-order valence-corrected chi connectivity index (χ1v) is 6.28. The Morgan fingerprint density at radius 3 is 2.67 bits per heavy atom. The summed E-state index contributed by atoms with van der Waals surface area (Å²) in [5.74, 6) is -0.987. The predicted octanol–water partition coefficient (Wildman–Crippen LogP) is 3.66. The van der Waals surface area contributed by atoms with Crippen LogP contribution < -0.4 is 0 Å². The molecule has 18 heavy (non-hydrogen) atoms. The molecule has 0 aliphatic carbocycles. The SMILES string of the molecule is O=C(O)c1cnc2c(Cl)cccc2c1.c1cs[nH]1. The van der Waals surface area contributed by atoms with Crippen LogP contribution in [-0.4, -0.2) is 20.4 Å². The van der Waals surface area contributed by atoms with Crippen LogP contribution in [0, 0.1) is 0 Å². The molecule has 0 aliphatic heterocycles. The van der Waals surface area contributed by atoms with Gasteiger partial charge in [0, 0.05) is 23.2 Å². The van der Waals surface area contributed by atoms with E-state index in [-0.39, 0.29) is 5.56 Å². The summed E-state index contributed by atoms with van der Waals surface area (Å²) in [7, 11) is 0. The number of fused-ring (bicyclic) bond motifs is 1. The Kier molecular flexibility index (Phi) is 3.96. The highest BCUT2D eigenvalue weighted by Gasteiger charge is 2.05. The third-order valence-corrected chi connectivity index (χ3v) is 3.03. The summed E-state index contributed by atoms with van der Waals surface area (Å²) < 4.78 is 2.85. The highest BCUT2D eigenvalue weighted by molar-refractivity contribution is 7.04. The number of carboxylic acid groups (broad SMARTS) is 1. The first kappa shape index (κ1) is 12.6. The van der Waals surface area contributed by atoms with E-state index in [9.17, 15) is 4.79 Å². The minimum atomic E-state index is -0.987. The van der Waals surface area contributed by atoms with Crippen LogP contribution in [0.25, 0.3) is 10.9 Å². The third-order valence-electron chi connectivity index (χ3n) is 2.18. The van der Waals surface area contributed by atoms with E-state index in [0.717, 1.165) is 5.39 Å². The number of pyridine rings is 1. The van der Waals surface area contributed by atoms with Gasteiger partial charge >= 0.3 is 5.97 Å². The van der Waals surface area contributed by atoms with Gasteiger partial charge in [0.25, 0.3) is 0 Å². The van der Waals surface area contributed by atoms with Crippen molar-refractivity contribution in [3.8, 4) is 0 Å². The molecule has 0 saturated carbocycles. The van der Waals surface area contributed by atoms with Crippen molar-refractivity contribution in [3.63, 3.8) is 0 Å². The molecule has 0 aliphatic rings. The standard InChI is InChI=1S/C10H6ClNO2.C2H3NS/c11-8-3-1-2-6-4-7(10(13)14)5-12-9(6)8;1-2-4-3-1/h1-5H,(H,13,14);1-3H. The molecule has 2 aromatic heterocycles. The van der Waals surface area contributed by atoms with Gasteiger partial charge in [-0.05, 0) is 12.1 Å². The van der Waals surface area contributed by atoms with Crippen LogP contribution in [0.5, 0.6) is 0 Å². The summed E-state index contributed by atoms with van der Waals surface area (Å²) >= 11 is 7.49. The van der Waals surface area contributed by atoms with Gasteiger partial charge in [-0.15, -0.1) is 0 Å². The van der Waals surface area contributed by atoms with Crippen LogP contribution in [-0.2, 0) is 0 Å². The monoisotopic (exact) mass is 280 g/mol. The lowest BCUT2D eigenvalue weighted by molar-refractivity contribution is 0.0696. The lowest BCUT2D eigenvalue weighted by Crippen LogP contribution is -1.96.